The van der Waals surface area contributed by atoms with Gasteiger partial charge in [0.2, 0.25) is 0 Å². The molecule has 0 aliphatic heterocycles. The van der Waals surface area contributed by atoms with Gasteiger partial charge in [0.25, 0.3) is 0 Å². The summed E-state index contributed by atoms with van der Waals surface area (Å²) in [5, 5.41) is 15.3. The Morgan fingerprint density at radius 1 is 1.42 bits per heavy atom. The van der Waals surface area contributed by atoms with Gasteiger partial charge in [0.1, 0.15) is 11.6 Å². The highest BCUT2D eigenvalue weighted by atomic mass is 19.1. The van der Waals surface area contributed by atoms with E-state index in [-0.39, 0.29) is 18.4 Å². The molecule has 0 radical (unpaired) electrons. The summed E-state index contributed by atoms with van der Waals surface area (Å²) in [6.07, 6.45) is 0.0409. The first-order chi connectivity index (χ1) is 8.99. The van der Waals surface area contributed by atoms with Crippen molar-refractivity contribution in [3.8, 4) is 11.1 Å². The number of aryl methyl sites for hydroxylation is 2. The minimum atomic E-state index is -0.966. The van der Waals surface area contributed by atoms with E-state index in [2.05, 4.69) is 10.2 Å². The van der Waals surface area contributed by atoms with Crippen molar-refractivity contribution in [1.82, 2.24) is 10.2 Å². The van der Waals surface area contributed by atoms with Gasteiger partial charge in [-0.15, -0.1) is 0 Å². The van der Waals surface area contributed by atoms with Crippen molar-refractivity contribution >= 4 is 5.97 Å². The van der Waals surface area contributed by atoms with Crippen molar-refractivity contribution in [3.05, 3.63) is 41.2 Å². The maximum atomic E-state index is 13.8. The van der Waals surface area contributed by atoms with E-state index in [4.69, 9.17) is 5.11 Å². The molecule has 0 bridgehead atoms. The third-order valence-corrected chi connectivity index (χ3v) is 2.80. The Hall–Kier alpha value is -2.24. The van der Waals surface area contributed by atoms with Crippen LogP contribution in [-0.4, -0.2) is 21.3 Å². The van der Waals surface area contributed by atoms with E-state index in [0.29, 0.717) is 17.0 Å². The number of rotatable bonds is 4. The van der Waals surface area contributed by atoms with Crippen molar-refractivity contribution in [1.29, 1.82) is 0 Å². The molecule has 2 N–H and O–H groups in total. The average molecular weight is 266 g/mol. The Balaban J connectivity index is 2.46. The topological polar surface area (TPSA) is 66.0 Å². The fraction of sp³-hybridized carbons (Fsp3) is 0.231. The number of aliphatic carboxylic acids is 1. The molecule has 2 aromatic rings. The van der Waals surface area contributed by atoms with Gasteiger partial charge in [0.15, 0.2) is 0 Å². The molecule has 0 aliphatic carbocycles. The molecule has 1 aromatic heterocycles. The van der Waals surface area contributed by atoms with E-state index in [9.17, 15) is 13.6 Å². The number of aromatic amines is 1. The molecule has 0 aliphatic rings. The first kappa shape index (κ1) is 13.2. The molecule has 2 rings (SSSR count). The zero-order chi connectivity index (χ0) is 14.0. The summed E-state index contributed by atoms with van der Waals surface area (Å²) < 4.78 is 27.0. The van der Waals surface area contributed by atoms with Crippen molar-refractivity contribution < 1.29 is 18.7 Å². The number of carboxylic acids is 1. The largest absolute Gasteiger partial charge is 0.481 e. The monoisotopic (exact) mass is 266 g/mol. The molecule has 6 heteroatoms. The number of H-pyrrole nitrogens is 1. The fourth-order valence-corrected chi connectivity index (χ4v) is 1.93. The summed E-state index contributed by atoms with van der Waals surface area (Å²) >= 11 is 0. The second-order valence-corrected chi connectivity index (χ2v) is 4.19. The van der Waals surface area contributed by atoms with E-state index in [1.807, 2.05) is 0 Å². The number of carboxylic acid groups (broad SMARTS) is 1. The van der Waals surface area contributed by atoms with E-state index < -0.39 is 17.6 Å². The van der Waals surface area contributed by atoms with Gasteiger partial charge < -0.3 is 5.11 Å². The molecule has 1 aromatic carbocycles. The summed E-state index contributed by atoms with van der Waals surface area (Å²) in [4.78, 5) is 10.6. The van der Waals surface area contributed by atoms with Crippen molar-refractivity contribution in [2.75, 3.05) is 0 Å². The quantitative estimate of drug-likeness (QED) is 0.894. The van der Waals surface area contributed by atoms with Crippen LogP contribution in [0.3, 0.4) is 0 Å². The van der Waals surface area contributed by atoms with Crippen LogP contribution < -0.4 is 0 Å². The first-order valence-corrected chi connectivity index (χ1v) is 5.70. The average Bonchev–Trinajstić information content (AvgIpc) is 2.71. The fourth-order valence-electron chi connectivity index (χ4n) is 1.93. The predicted octanol–water partition coefficient (Wildman–Crippen LogP) is 2.68. The van der Waals surface area contributed by atoms with Crippen LogP contribution in [0, 0.1) is 18.6 Å². The first-order valence-electron chi connectivity index (χ1n) is 5.70. The number of hydrogen-bond acceptors (Lipinski definition) is 2. The van der Waals surface area contributed by atoms with Crippen LogP contribution in [-0.2, 0) is 11.2 Å². The van der Waals surface area contributed by atoms with E-state index >= 15 is 0 Å². The molecule has 0 amide bonds. The lowest BCUT2D eigenvalue weighted by Gasteiger charge is -2.05. The van der Waals surface area contributed by atoms with Gasteiger partial charge in [-0.25, -0.2) is 8.78 Å². The van der Waals surface area contributed by atoms with Crippen LogP contribution >= 0.6 is 0 Å². The zero-order valence-electron chi connectivity index (χ0n) is 10.2. The van der Waals surface area contributed by atoms with Crippen molar-refractivity contribution in [2.45, 2.75) is 19.8 Å². The van der Waals surface area contributed by atoms with E-state index in [1.54, 1.807) is 6.92 Å². The molecule has 0 fully saturated rings. The Kier molecular flexibility index (Phi) is 3.59. The van der Waals surface area contributed by atoms with Crippen LogP contribution in [0.15, 0.2) is 18.2 Å². The molecule has 0 spiro atoms. The van der Waals surface area contributed by atoms with Crippen LogP contribution in [0.25, 0.3) is 11.1 Å². The number of nitrogens with zero attached hydrogens (tertiary/aromatic N) is 1. The highest BCUT2D eigenvalue weighted by Gasteiger charge is 2.17. The maximum Gasteiger partial charge on any atom is 0.303 e. The van der Waals surface area contributed by atoms with Gasteiger partial charge in [-0.2, -0.15) is 5.10 Å². The summed E-state index contributed by atoms with van der Waals surface area (Å²) in [6.45, 7) is 1.68. The lowest BCUT2D eigenvalue weighted by atomic mass is 10.0. The molecule has 0 saturated carbocycles. The van der Waals surface area contributed by atoms with Gasteiger partial charge in [-0.3, -0.25) is 9.89 Å². The molecule has 1 heterocycles. The minimum absolute atomic E-state index is 0.0895. The molecular formula is C13H12F2N2O2. The van der Waals surface area contributed by atoms with Gasteiger partial charge in [0, 0.05) is 23.2 Å². The van der Waals surface area contributed by atoms with Gasteiger partial charge in [-0.05, 0) is 25.1 Å². The van der Waals surface area contributed by atoms with Crippen molar-refractivity contribution in [2.24, 2.45) is 0 Å². The van der Waals surface area contributed by atoms with Crippen molar-refractivity contribution in [3.63, 3.8) is 0 Å². The van der Waals surface area contributed by atoms with Gasteiger partial charge in [0.05, 0.1) is 12.1 Å². The SMILES string of the molecule is Cc1[nH]nc(CCC(=O)O)c1-c1cc(F)ccc1F. The number of nitrogens with one attached hydrogen (secondary N) is 1. The molecule has 0 atom stereocenters. The Morgan fingerprint density at radius 2 is 2.16 bits per heavy atom. The molecule has 0 saturated heterocycles. The normalized spacial score (nSPS) is 10.7. The third-order valence-electron chi connectivity index (χ3n) is 2.80. The maximum absolute atomic E-state index is 13.8. The smallest absolute Gasteiger partial charge is 0.303 e. The van der Waals surface area contributed by atoms with E-state index in [1.165, 1.54) is 0 Å². The van der Waals surface area contributed by atoms with Gasteiger partial charge >= 0.3 is 5.97 Å². The third kappa shape index (κ3) is 2.78. The second-order valence-electron chi connectivity index (χ2n) is 4.19. The number of benzene rings is 1. The van der Waals surface area contributed by atoms with Crippen LogP contribution in [0.5, 0.6) is 0 Å². The number of carbonyl (C=O) groups is 1. The highest BCUT2D eigenvalue weighted by Crippen LogP contribution is 2.29. The predicted molar refractivity (Wildman–Crippen MR) is 64.6 cm³/mol. The molecular weight excluding hydrogens is 254 g/mol. The Morgan fingerprint density at radius 3 is 2.84 bits per heavy atom. The Labute approximate surface area is 108 Å². The summed E-state index contributed by atoms with van der Waals surface area (Å²) in [7, 11) is 0. The Bertz CT molecular complexity index is 623. The highest BCUT2D eigenvalue weighted by molar-refractivity contribution is 5.71. The number of hydrogen-bond donors (Lipinski definition) is 2. The standard InChI is InChI=1S/C13H12F2N2O2/c1-7-13(9-6-8(14)2-3-10(9)15)11(17-16-7)4-5-12(18)19/h2-3,6H,4-5H2,1H3,(H,16,17)(H,18,19). The minimum Gasteiger partial charge on any atom is -0.481 e. The molecule has 0 unspecified atom stereocenters. The lowest BCUT2D eigenvalue weighted by molar-refractivity contribution is -0.136. The number of aromatic nitrogens is 2. The molecule has 19 heavy (non-hydrogen) atoms. The molecule has 4 nitrogen and oxygen atoms in total. The lowest BCUT2D eigenvalue weighted by Crippen LogP contribution is -1.99. The molecule has 100 valence electrons. The van der Waals surface area contributed by atoms with Crippen LogP contribution in [0.4, 0.5) is 8.78 Å². The summed E-state index contributed by atoms with van der Waals surface area (Å²) in [6, 6.07) is 3.15. The second kappa shape index (κ2) is 5.17. The summed E-state index contributed by atoms with van der Waals surface area (Å²) in [5.74, 6) is -2.09. The van der Waals surface area contributed by atoms with E-state index in [0.717, 1.165) is 18.2 Å². The summed E-state index contributed by atoms with van der Waals surface area (Å²) in [5.41, 5.74) is 1.51. The van der Waals surface area contributed by atoms with Gasteiger partial charge in [-0.1, -0.05) is 0 Å². The van der Waals surface area contributed by atoms with Crippen LogP contribution in [0.1, 0.15) is 17.8 Å². The van der Waals surface area contributed by atoms with Crippen LogP contribution in [0.2, 0.25) is 0 Å². The zero-order valence-corrected chi connectivity index (χ0v) is 10.2. The number of halogens is 2.